The third kappa shape index (κ3) is 4.55. The number of benzene rings is 1. The van der Waals surface area contributed by atoms with Crippen LogP contribution < -0.4 is 10.1 Å². The molecule has 1 N–H and O–H groups in total. The average molecular weight is 272 g/mol. The second-order valence-electron chi connectivity index (χ2n) is 3.79. The molecule has 0 atom stereocenters. The van der Waals surface area contributed by atoms with E-state index in [0.717, 1.165) is 19.4 Å². The van der Waals surface area contributed by atoms with Crippen molar-refractivity contribution < 1.29 is 14.3 Å². The van der Waals surface area contributed by atoms with Gasteiger partial charge in [-0.05, 0) is 44.6 Å². The van der Waals surface area contributed by atoms with Crippen molar-refractivity contribution in [3.63, 3.8) is 0 Å². The molecule has 100 valence electrons. The average Bonchev–Trinajstić information content (AvgIpc) is 2.39. The highest BCUT2D eigenvalue weighted by atomic mass is 35.5. The molecule has 0 aliphatic heterocycles. The summed E-state index contributed by atoms with van der Waals surface area (Å²) in [4.78, 5) is 11.6. The second kappa shape index (κ2) is 7.95. The first kappa shape index (κ1) is 14.8. The van der Waals surface area contributed by atoms with E-state index in [-0.39, 0.29) is 0 Å². The van der Waals surface area contributed by atoms with Crippen molar-refractivity contribution in [1.82, 2.24) is 5.32 Å². The Morgan fingerprint density at radius 2 is 2.17 bits per heavy atom. The van der Waals surface area contributed by atoms with Gasteiger partial charge in [0, 0.05) is 5.02 Å². The lowest BCUT2D eigenvalue weighted by molar-refractivity contribution is 0.0596. The van der Waals surface area contributed by atoms with Crippen molar-refractivity contribution in [2.75, 3.05) is 27.3 Å². The monoisotopic (exact) mass is 271 g/mol. The Hall–Kier alpha value is -1.26. The molecular weight excluding hydrogens is 254 g/mol. The van der Waals surface area contributed by atoms with Crippen molar-refractivity contribution in [1.29, 1.82) is 0 Å². The Balaban J connectivity index is 2.61. The molecule has 0 aromatic heterocycles. The van der Waals surface area contributed by atoms with Crippen LogP contribution in [0.25, 0.3) is 0 Å². The maximum Gasteiger partial charge on any atom is 0.341 e. The summed E-state index contributed by atoms with van der Waals surface area (Å²) >= 11 is 5.85. The van der Waals surface area contributed by atoms with E-state index in [2.05, 4.69) is 10.1 Å². The van der Waals surface area contributed by atoms with E-state index in [1.807, 2.05) is 7.05 Å². The Kier molecular flexibility index (Phi) is 6.54. The van der Waals surface area contributed by atoms with Crippen molar-refractivity contribution in [3.8, 4) is 5.75 Å². The molecule has 0 bridgehead atoms. The topological polar surface area (TPSA) is 47.6 Å². The molecule has 0 spiro atoms. The number of halogens is 1. The van der Waals surface area contributed by atoms with Crippen molar-refractivity contribution in [2.24, 2.45) is 0 Å². The molecule has 0 unspecified atom stereocenters. The SMILES string of the molecule is CNCCCCOc1ccc(Cl)cc1C(=O)OC. The fraction of sp³-hybridized carbons (Fsp3) is 0.462. The third-order valence-electron chi connectivity index (χ3n) is 2.43. The summed E-state index contributed by atoms with van der Waals surface area (Å²) in [5.41, 5.74) is 0.360. The Labute approximate surface area is 112 Å². The number of carbonyl (C=O) groups is 1. The van der Waals surface area contributed by atoms with Crippen LogP contribution in [0.4, 0.5) is 0 Å². The summed E-state index contributed by atoms with van der Waals surface area (Å²) < 4.78 is 10.3. The van der Waals surface area contributed by atoms with E-state index in [1.54, 1.807) is 18.2 Å². The molecule has 0 aliphatic carbocycles. The summed E-state index contributed by atoms with van der Waals surface area (Å²) in [6.45, 7) is 1.52. The number of methoxy groups -OCH3 is 1. The van der Waals surface area contributed by atoms with Crippen LogP contribution in [0, 0.1) is 0 Å². The molecule has 18 heavy (non-hydrogen) atoms. The summed E-state index contributed by atoms with van der Waals surface area (Å²) in [7, 11) is 3.25. The molecule has 1 rings (SSSR count). The Morgan fingerprint density at radius 1 is 1.39 bits per heavy atom. The van der Waals surface area contributed by atoms with E-state index in [0.29, 0.717) is 22.9 Å². The van der Waals surface area contributed by atoms with Crippen LogP contribution in [0.5, 0.6) is 5.75 Å². The van der Waals surface area contributed by atoms with Gasteiger partial charge < -0.3 is 14.8 Å². The first-order chi connectivity index (χ1) is 8.69. The predicted octanol–water partition coefficient (Wildman–Crippen LogP) is 2.51. The molecule has 1 aromatic rings. The number of hydrogen-bond donors (Lipinski definition) is 1. The van der Waals surface area contributed by atoms with Gasteiger partial charge in [-0.15, -0.1) is 0 Å². The number of rotatable bonds is 7. The lowest BCUT2D eigenvalue weighted by Crippen LogP contribution is -2.10. The van der Waals surface area contributed by atoms with Gasteiger partial charge >= 0.3 is 5.97 Å². The third-order valence-corrected chi connectivity index (χ3v) is 2.66. The molecule has 4 nitrogen and oxygen atoms in total. The highest BCUT2D eigenvalue weighted by Gasteiger charge is 2.13. The van der Waals surface area contributed by atoms with Gasteiger partial charge in [0.05, 0.1) is 13.7 Å². The minimum Gasteiger partial charge on any atom is -0.493 e. The molecular formula is C13H18ClNO3. The van der Waals surface area contributed by atoms with Crippen molar-refractivity contribution in [3.05, 3.63) is 28.8 Å². The predicted molar refractivity (Wildman–Crippen MR) is 71.4 cm³/mol. The van der Waals surface area contributed by atoms with Crippen LogP contribution in [0.3, 0.4) is 0 Å². The smallest absolute Gasteiger partial charge is 0.341 e. The van der Waals surface area contributed by atoms with Crippen LogP contribution in [0.1, 0.15) is 23.2 Å². The first-order valence-electron chi connectivity index (χ1n) is 5.84. The molecule has 0 amide bonds. The Bertz CT molecular complexity index is 396. The zero-order chi connectivity index (χ0) is 13.4. The van der Waals surface area contributed by atoms with Crippen LogP contribution in [-0.2, 0) is 4.74 Å². The van der Waals surface area contributed by atoms with E-state index < -0.39 is 5.97 Å². The second-order valence-corrected chi connectivity index (χ2v) is 4.23. The van der Waals surface area contributed by atoms with E-state index >= 15 is 0 Å². The maximum absolute atomic E-state index is 11.6. The lowest BCUT2D eigenvalue weighted by atomic mass is 10.2. The quantitative estimate of drug-likeness (QED) is 0.611. The molecule has 5 heteroatoms. The van der Waals surface area contributed by atoms with Crippen LogP contribution in [-0.4, -0.2) is 33.3 Å². The molecule has 1 aromatic carbocycles. The molecule has 0 heterocycles. The summed E-state index contributed by atoms with van der Waals surface area (Å²) in [6.07, 6.45) is 1.95. The van der Waals surface area contributed by atoms with E-state index in [4.69, 9.17) is 16.3 Å². The normalized spacial score (nSPS) is 10.2. The minimum absolute atomic E-state index is 0.360. The lowest BCUT2D eigenvalue weighted by Gasteiger charge is -2.10. The maximum atomic E-state index is 11.6. The Morgan fingerprint density at radius 3 is 2.83 bits per heavy atom. The molecule has 0 aliphatic rings. The number of hydrogen-bond acceptors (Lipinski definition) is 4. The first-order valence-corrected chi connectivity index (χ1v) is 6.22. The van der Waals surface area contributed by atoms with Gasteiger partial charge in [-0.3, -0.25) is 0 Å². The van der Waals surface area contributed by atoms with Crippen LogP contribution >= 0.6 is 11.6 Å². The number of esters is 1. The van der Waals surface area contributed by atoms with Gasteiger partial charge in [-0.25, -0.2) is 4.79 Å². The van der Waals surface area contributed by atoms with Gasteiger partial charge in [0.1, 0.15) is 11.3 Å². The standard InChI is InChI=1S/C13H18ClNO3/c1-15-7-3-4-8-18-12-6-5-10(14)9-11(12)13(16)17-2/h5-6,9,15H,3-4,7-8H2,1-2H3. The fourth-order valence-electron chi connectivity index (χ4n) is 1.48. The highest BCUT2D eigenvalue weighted by molar-refractivity contribution is 6.31. The summed E-state index contributed by atoms with van der Waals surface area (Å²) in [6, 6.07) is 4.93. The number of nitrogens with one attached hydrogen (secondary N) is 1. The largest absolute Gasteiger partial charge is 0.493 e. The van der Waals surface area contributed by atoms with Crippen LogP contribution in [0.2, 0.25) is 5.02 Å². The highest BCUT2D eigenvalue weighted by Crippen LogP contribution is 2.23. The summed E-state index contributed by atoms with van der Waals surface area (Å²) in [5, 5.41) is 3.55. The van der Waals surface area contributed by atoms with Crippen molar-refractivity contribution in [2.45, 2.75) is 12.8 Å². The van der Waals surface area contributed by atoms with Crippen molar-refractivity contribution >= 4 is 17.6 Å². The van der Waals surface area contributed by atoms with E-state index in [9.17, 15) is 4.79 Å². The minimum atomic E-state index is -0.442. The van der Waals surface area contributed by atoms with E-state index in [1.165, 1.54) is 7.11 Å². The number of ether oxygens (including phenoxy) is 2. The number of carbonyl (C=O) groups excluding carboxylic acids is 1. The zero-order valence-electron chi connectivity index (χ0n) is 10.7. The molecule has 0 fully saturated rings. The van der Waals surface area contributed by atoms with Gasteiger partial charge in [0.25, 0.3) is 0 Å². The zero-order valence-corrected chi connectivity index (χ0v) is 11.4. The van der Waals surface area contributed by atoms with Gasteiger partial charge in [0.2, 0.25) is 0 Å². The molecule has 0 saturated heterocycles. The van der Waals surface area contributed by atoms with Gasteiger partial charge in [-0.1, -0.05) is 11.6 Å². The fourth-order valence-corrected chi connectivity index (χ4v) is 1.66. The molecule has 0 radical (unpaired) electrons. The summed E-state index contributed by atoms with van der Waals surface area (Å²) in [5.74, 6) is 0.0680. The molecule has 0 saturated carbocycles. The van der Waals surface area contributed by atoms with Gasteiger partial charge in [0.15, 0.2) is 0 Å². The number of unbranched alkanes of at least 4 members (excludes halogenated alkanes) is 1. The van der Waals surface area contributed by atoms with Gasteiger partial charge in [-0.2, -0.15) is 0 Å². The van der Waals surface area contributed by atoms with Crippen LogP contribution in [0.15, 0.2) is 18.2 Å².